The Kier molecular flexibility index (Phi) is 14.8. The smallest absolute Gasteiger partial charge is 0.785 e. The minimum atomic E-state index is 0. The molecule has 0 atom stereocenters. The van der Waals surface area contributed by atoms with Gasteiger partial charge in [-0.15, -0.1) is 0 Å². The second-order valence-electron chi connectivity index (χ2n) is 8.80. The minimum Gasteiger partial charge on any atom is -0.785 e. The van der Waals surface area contributed by atoms with E-state index < -0.39 is 0 Å². The van der Waals surface area contributed by atoms with E-state index in [1.807, 2.05) is 24.3 Å². The van der Waals surface area contributed by atoms with Crippen LogP contribution in [0.1, 0.15) is 24.8 Å². The van der Waals surface area contributed by atoms with Crippen LogP contribution in [-0.2, 0) is 6.54 Å². The van der Waals surface area contributed by atoms with Crippen molar-refractivity contribution < 1.29 is 75.1 Å². The van der Waals surface area contributed by atoms with Crippen LogP contribution in [-0.4, -0.2) is 70.7 Å². The van der Waals surface area contributed by atoms with Crippen LogP contribution in [0.15, 0.2) is 42.6 Å². The van der Waals surface area contributed by atoms with Crippen LogP contribution in [0, 0.1) is 5.21 Å². The molecule has 0 aliphatic carbocycles. The number of nitrogens with one attached hydrogen (secondary N) is 1. The summed E-state index contributed by atoms with van der Waals surface area (Å²) in [4.78, 5) is 11.3. The maximum atomic E-state index is 10.8. The molecule has 40 heavy (non-hydrogen) atoms. The molecular formula is C28H38KN5O6. The number of benzene rings is 2. The van der Waals surface area contributed by atoms with Crippen LogP contribution in [0.5, 0.6) is 28.7 Å². The average molecular weight is 580 g/mol. The number of rotatable bonds is 10. The SMILES string of the molecule is COc1cc(Nc2nccc(N3CCCCC3)n2)cc(OC)c1OC.COc1ccc(CN(C)[O-])cc1OC.[K+]. The Bertz CT molecular complexity index is 1170. The Hall–Kier alpha value is -2.32. The molecule has 1 N–H and O–H groups in total. The molecule has 1 fully saturated rings. The third kappa shape index (κ3) is 9.65. The first-order chi connectivity index (χ1) is 18.9. The van der Waals surface area contributed by atoms with E-state index >= 15 is 0 Å². The van der Waals surface area contributed by atoms with Gasteiger partial charge in [-0.2, -0.15) is 4.98 Å². The molecule has 2 heterocycles. The first-order valence-electron chi connectivity index (χ1n) is 12.7. The molecule has 2 aromatic carbocycles. The quantitative estimate of drug-likeness (QED) is 0.281. The van der Waals surface area contributed by atoms with Crippen LogP contribution in [0.2, 0.25) is 0 Å². The molecule has 1 aliphatic heterocycles. The minimum absolute atomic E-state index is 0. The monoisotopic (exact) mass is 579 g/mol. The third-order valence-electron chi connectivity index (χ3n) is 6.09. The van der Waals surface area contributed by atoms with E-state index in [2.05, 4.69) is 20.2 Å². The van der Waals surface area contributed by atoms with E-state index in [4.69, 9.17) is 23.7 Å². The normalized spacial score (nSPS) is 12.4. The van der Waals surface area contributed by atoms with Crippen molar-refractivity contribution in [2.45, 2.75) is 25.8 Å². The number of anilines is 3. The zero-order chi connectivity index (χ0) is 28.2. The van der Waals surface area contributed by atoms with Gasteiger partial charge in [-0.05, 0) is 50.1 Å². The third-order valence-corrected chi connectivity index (χ3v) is 6.09. The molecule has 11 nitrogen and oxygen atoms in total. The first-order valence-corrected chi connectivity index (χ1v) is 12.7. The predicted octanol–water partition coefficient (Wildman–Crippen LogP) is 1.87. The van der Waals surface area contributed by atoms with Gasteiger partial charge in [0.2, 0.25) is 11.7 Å². The number of nitrogens with zero attached hydrogens (tertiary/aromatic N) is 4. The summed E-state index contributed by atoms with van der Waals surface area (Å²) in [6.45, 7) is 2.43. The number of methoxy groups -OCH3 is 5. The van der Waals surface area contributed by atoms with Gasteiger partial charge in [0.05, 0.1) is 35.5 Å². The van der Waals surface area contributed by atoms with Crippen molar-refractivity contribution in [2.24, 2.45) is 0 Å². The van der Waals surface area contributed by atoms with Crippen molar-refractivity contribution in [1.82, 2.24) is 15.0 Å². The standard InChI is InChI=1S/C18H24N4O3.C10H14NO3.K/c1-23-14-11-13(12-15(24-2)17(14)25-3)20-18-19-8-7-16(21-18)22-9-5-4-6-10-22;1-11(12)7-8-4-5-9(13-2)10(6-8)14-3;/h7-8,11-12H,4-6,9-10H2,1-3H3,(H,19,20,21);4-6H,7H2,1-3H3;/q;-1;+1. The van der Waals surface area contributed by atoms with Gasteiger partial charge in [0.1, 0.15) is 5.82 Å². The summed E-state index contributed by atoms with van der Waals surface area (Å²) in [6.07, 6.45) is 5.48. The van der Waals surface area contributed by atoms with Gasteiger partial charge >= 0.3 is 51.4 Å². The summed E-state index contributed by atoms with van der Waals surface area (Å²) in [5.41, 5.74) is 1.67. The molecule has 12 heteroatoms. The van der Waals surface area contributed by atoms with Crippen molar-refractivity contribution >= 4 is 17.5 Å². The molecular weight excluding hydrogens is 541 g/mol. The van der Waals surface area contributed by atoms with Crippen LogP contribution in [0.3, 0.4) is 0 Å². The van der Waals surface area contributed by atoms with Crippen LogP contribution >= 0.6 is 0 Å². The van der Waals surface area contributed by atoms with Gasteiger partial charge in [-0.1, -0.05) is 6.07 Å². The zero-order valence-electron chi connectivity index (χ0n) is 24.5. The van der Waals surface area contributed by atoms with Crippen molar-refractivity contribution in [2.75, 3.05) is 65.9 Å². The number of piperidine rings is 1. The van der Waals surface area contributed by atoms with Crippen LogP contribution < -0.4 is 85.3 Å². The first kappa shape index (κ1) is 33.9. The molecule has 1 aromatic heterocycles. The summed E-state index contributed by atoms with van der Waals surface area (Å²) in [5, 5.41) is 14.9. The molecule has 0 amide bonds. The van der Waals surface area contributed by atoms with Crippen molar-refractivity contribution in [3.8, 4) is 28.7 Å². The largest absolute Gasteiger partial charge is 1.00 e. The maximum Gasteiger partial charge on any atom is 1.00 e. The fourth-order valence-corrected chi connectivity index (χ4v) is 4.23. The molecule has 0 unspecified atom stereocenters. The summed E-state index contributed by atoms with van der Waals surface area (Å²) in [5.74, 6) is 4.52. The molecule has 0 saturated carbocycles. The van der Waals surface area contributed by atoms with Gasteiger partial charge in [0.15, 0.2) is 23.0 Å². The number of hydrogen-bond acceptors (Lipinski definition) is 11. The van der Waals surface area contributed by atoms with E-state index in [-0.39, 0.29) is 51.4 Å². The summed E-state index contributed by atoms with van der Waals surface area (Å²) in [7, 11) is 9.40. The number of ether oxygens (including phenoxy) is 5. The number of aromatic nitrogens is 2. The van der Waals surface area contributed by atoms with Crippen LogP contribution in [0.4, 0.5) is 17.5 Å². The van der Waals surface area contributed by atoms with Gasteiger partial charge in [0.25, 0.3) is 0 Å². The Labute approximate surface area is 279 Å². The summed E-state index contributed by atoms with van der Waals surface area (Å²) in [6, 6.07) is 11.0. The molecule has 0 radical (unpaired) electrons. The van der Waals surface area contributed by atoms with Crippen molar-refractivity contribution in [3.63, 3.8) is 0 Å². The fraction of sp³-hybridized carbons (Fsp3) is 0.429. The van der Waals surface area contributed by atoms with E-state index in [1.165, 1.54) is 26.3 Å². The number of hydroxylamine groups is 2. The van der Waals surface area contributed by atoms with Crippen molar-refractivity contribution in [1.29, 1.82) is 0 Å². The van der Waals surface area contributed by atoms with E-state index in [9.17, 15) is 5.21 Å². The van der Waals surface area contributed by atoms with Crippen LogP contribution in [0.25, 0.3) is 0 Å². The molecule has 0 bridgehead atoms. The molecule has 212 valence electrons. The molecule has 3 aromatic rings. The maximum absolute atomic E-state index is 10.8. The topological polar surface area (TPSA) is 114 Å². The van der Waals surface area contributed by atoms with E-state index in [1.54, 1.807) is 53.9 Å². The molecule has 4 rings (SSSR count). The van der Waals surface area contributed by atoms with Gasteiger partial charge < -0.3 is 44.2 Å². The second-order valence-corrected chi connectivity index (χ2v) is 8.80. The Morgan fingerprint density at radius 2 is 1.45 bits per heavy atom. The van der Waals surface area contributed by atoms with Gasteiger partial charge in [-0.3, -0.25) is 0 Å². The van der Waals surface area contributed by atoms with Crippen molar-refractivity contribution in [3.05, 3.63) is 53.4 Å². The zero-order valence-corrected chi connectivity index (χ0v) is 27.6. The average Bonchev–Trinajstić information content (AvgIpc) is 2.97. The Morgan fingerprint density at radius 1 is 0.825 bits per heavy atom. The second kappa shape index (κ2) is 17.5. The van der Waals surface area contributed by atoms with Gasteiger partial charge in [-0.25, -0.2) is 4.98 Å². The summed E-state index contributed by atoms with van der Waals surface area (Å²) < 4.78 is 26.3. The van der Waals surface area contributed by atoms with Gasteiger partial charge in [0, 0.05) is 43.7 Å². The Balaban J connectivity index is 0.000000320. The Morgan fingerprint density at radius 3 is 2.00 bits per heavy atom. The molecule has 1 aliphatic rings. The fourth-order valence-electron chi connectivity index (χ4n) is 4.23. The predicted molar refractivity (Wildman–Crippen MR) is 152 cm³/mol. The molecule has 1 saturated heterocycles. The van der Waals surface area contributed by atoms with E-state index in [0.29, 0.717) is 41.2 Å². The molecule has 0 spiro atoms. The van der Waals surface area contributed by atoms with E-state index in [0.717, 1.165) is 35.2 Å². The summed E-state index contributed by atoms with van der Waals surface area (Å²) >= 11 is 0. The number of hydrogen-bond donors (Lipinski definition) is 1.